The fraction of sp³-hybridized carbons (Fsp3) is 0.545. The summed E-state index contributed by atoms with van der Waals surface area (Å²) >= 11 is 0. The predicted molar refractivity (Wildman–Crippen MR) is 56.8 cm³/mol. The molecular formula is C11H18N2O. The van der Waals surface area contributed by atoms with Gasteiger partial charge in [0.1, 0.15) is 0 Å². The summed E-state index contributed by atoms with van der Waals surface area (Å²) in [7, 11) is 2.01. The minimum Gasteiger partial charge on any atom is -0.392 e. The van der Waals surface area contributed by atoms with Crippen LogP contribution in [0.5, 0.6) is 0 Å². The summed E-state index contributed by atoms with van der Waals surface area (Å²) in [4.78, 5) is 6.09. The largest absolute Gasteiger partial charge is 0.392 e. The van der Waals surface area contributed by atoms with Crippen LogP contribution in [0.2, 0.25) is 0 Å². The Labute approximate surface area is 85.4 Å². The number of hydrogen-bond acceptors (Lipinski definition) is 3. The van der Waals surface area contributed by atoms with E-state index in [1.807, 2.05) is 33.0 Å². The Morgan fingerprint density at radius 2 is 1.93 bits per heavy atom. The molecule has 1 rings (SSSR count). The molecule has 0 aliphatic rings. The number of rotatable bonds is 4. The van der Waals surface area contributed by atoms with Gasteiger partial charge in [-0.3, -0.25) is 9.88 Å². The molecule has 1 N–H and O–H groups in total. The summed E-state index contributed by atoms with van der Waals surface area (Å²) in [5, 5.41) is 9.42. The average molecular weight is 194 g/mol. The van der Waals surface area contributed by atoms with E-state index < -0.39 is 0 Å². The Morgan fingerprint density at radius 3 is 2.43 bits per heavy atom. The first kappa shape index (κ1) is 11.1. The van der Waals surface area contributed by atoms with Crippen molar-refractivity contribution in [3.63, 3.8) is 0 Å². The minimum atomic E-state index is -0.304. The Kier molecular flexibility index (Phi) is 4.04. The number of nitrogens with zero attached hydrogens (tertiary/aromatic N) is 2. The third kappa shape index (κ3) is 3.09. The molecular weight excluding hydrogens is 176 g/mol. The quantitative estimate of drug-likeness (QED) is 0.784. The second kappa shape index (κ2) is 5.08. The molecule has 1 aromatic rings. The zero-order valence-corrected chi connectivity index (χ0v) is 9.01. The third-order valence-corrected chi connectivity index (χ3v) is 2.57. The van der Waals surface area contributed by atoms with Crippen molar-refractivity contribution in [3.8, 4) is 0 Å². The average Bonchev–Trinajstić information content (AvgIpc) is 2.18. The van der Waals surface area contributed by atoms with Gasteiger partial charge < -0.3 is 5.11 Å². The lowest BCUT2D eigenvalue weighted by Gasteiger charge is -2.26. The normalized spacial score (nSPS) is 15.5. The van der Waals surface area contributed by atoms with Crippen LogP contribution in [0.4, 0.5) is 0 Å². The summed E-state index contributed by atoms with van der Waals surface area (Å²) in [6.45, 7) is 4.67. The SMILES string of the molecule is CC(O)C(C)N(C)Cc1ccncc1. The highest BCUT2D eigenvalue weighted by Gasteiger charge is 2.14. The van der Waals surface area contributed by atoms with E-state index in [1.54, 1.807) is 12.4 Å². The van der Waals surface area contributed by atoms with Gasteiger partial charge in [0.05, 0.1) is 6.10 Å². The molecule has 0 aliphatic carbocycles. The highest BCUT2D eigenvalue weighted by Crippen LogP contribution is 2.07. The van der Waals surface area contributed by atoms with Crippen LogP contribution in [0, 0.1) is 0 Å². The number of aromatic nitrogens is 1. The van der Waals surface area contributed by atoms with Crippen LogP contribution in [0.1, 0.15) is 19.4 Å². The molecule has 0 spiro atoms. The lowest BCUT2D eigenvalue weighted by atomic mass is 10.1. The molecule has 0 aromatic carbocycles. The van der Waals surface area contributed by atoms with E-state index in [0.717, 1.165) is 6.54 Å². The van der Waals surface area contributed by atoms with Gasteiger partial charge in [-0.05, 0) is 38.6 Å². The molecule has 3 nitrogen and oxygen atoms in total. The van der Waals surface area contributed by atoms with Crippen LogP contribution in [-0.2, 0) is 6.54 Å². The first-order chi connectivity index (χ1) is 6.61. The van der Waals surface area contributed by atoms with Gasteiger partial charge in [-0.25, -0.2) is 0 Å². The predicted octanol–water partition coefficient (Wildman–Crippen LogP) is 1.28. The van der Waals surface area contributed by atoms with Gasteiger partial charge in [-0.2, -0.15) is 0 Å². The molecule has 0 radical (unpaired) electrons. The van der Waals surface area contributed by atoms with Crippen LogP contribution in [0.15, 0.2) is 24.5 Å². The van der Waals surface area contributed by atoms with Crippen molar-refractivity contribution in [1.82, 2.24) is 9.88 Å². The fourth-order valence-corrected chi connectivity index (χ4v) is 1.29. The molecule has 78 valence electrons. The second-order valence-corrected chi connectivity index (χ2v) is 3.75. The van der Waals surface area contributed by atoms with Gasteiger partial charge in [-0.1, -0.05) is 0 Å². The van der Waals surface area contributed by atoms with Gasteiger partial charge in [-0.15, -0.1) is 0 Å². The molecule has 2 atom stereocenters. The van der Waals surface area contributed by atoms with E-state index in [-0.39, 0.29) is 12.1 Å². The number of pyridine rings is 1. The minimum absolute atomic E-state index is 0.170. The van der Waals surface area contributed by atoms with Crippen molar-refractivity contribution in [1.29, 1.82) is 0 Å². The summed E-state index contributed by atoms with van der Waals surface area (Å²) in [5.41, 5.74) is 1.22. The van der Waals surface area contributed by atoms with Crippen molar-refractivity contribution >= 4 is 0 Å². The number of aliphatic hydroxyl groups excluding tert-OH is 1. The molecule has 2 unspecified atom stereocenters. The zero-order valence-electron chi connectivity index (χ0n) is 9.01. The topological polar surface area (TPSA) is 36.4 Å². The monoisotopic (exact) mass is 194 g/mol. The summed E-state index contributed by atoms with van der Waals surface area (Å²) in [6, 6.07) is 4.15. The summed E-state index contributed by atoms with van der Waals surface area (Å²) < 4.78 is 0. The van der Waals surface area contributed by atoms with E-state index in [9.17, 15) is 5.11 Å². The van der Waals surface area contributed by atoms with Crippen molar-refractivity contribution in [2.24, 2.45) is 0 Å². The van der Waals surface area contributed by atoms with Gasteiger partial charge >= 0.3 is 0 Å². The molecule has 0 bridgehead atoms. The lowest BCUT2D eigenvalue weighted by molar-refractivity contribution is 0.0828. The second-order valence-electron chi connectivity index (χ2n) is 3.75. The lowest BCUT2D eigenvalue weighted by Crippen LogP contribution is -2.36. The van der Waals surface area contributed by atoms with Crippen LogP contribution in [0.25, 0.3) is 0 Å². The smallest absolute Gasteiger partial charge is 0.0664 e. The molecule has 0 amide bonds. The number of hydrogen-bond donors (Lipinski definition) is 1. The van der Waals surface area contributed by atoms with Crippen molar-refractivity contribution in [2.45, 2.75) is 32.5 Å². The van der Waals surface area contributed by atoms with Crippen LogP contribution in [0.3, 0.4) is 0 Å². The molecule has 0 saturated heterocycles. The van der Waals surface area contributed by atoms with E-state index >= 15 is 0 Å². The molecule has 1 heterocycles. The molecule has 0 aliphatic heterocycles. The van der Waals surface area contributed by atoms with Crippen molar-refractivity contribution in [3.05, 3.63) is 30.1 Å². The number of aliphatic hydroxyl groups is 1. The Bertz CT molecular complexity index is 261. The zero-order chi connectivity index (χ0) is 10.6. The maximum atomic E-state index is 9.42. The van der Waals surface area contributed by atoms with Crippen molar-refractivity contribution in [2.75, 3.05) is 7.05 Å². The number of likely N-dealkylation sites (N-methyl/N-ethyl adjacent to an activating group) is 1. The first-order valence-electron chi connectivity index (χ1n) is 4.88. The van der Waals surface area contributed by atoms with Gasteiger partial charge in [0.15, 0.2) is 0 Å². The maximum absolute atomic E-state index is 9.42. The van der Waals surface area contributed by atoms with Crippen molar-refractivity contribution < 1.29 is 5.11 Å². The van der Waals surface area contributed by atoms with E-state index in [0.29, 0.717) is 0 Å². The third-order valence-electron chi connectivity index (χ3n) is 2.57. The molecule has 0 fully saturated rings. The molecule has 0 saturated carbocycles. The molecule has 1 aromatic heterocycles. The standard InChI is InChI=1S/C11H18N2O/c1-9(10(2)14)13(3)8-11-4-6-12-7-5-11/h4-7,9-10,14H,8H2,1-3H3. The van der Waals surface area contributed by atoms with E-state index in [1.165, 1.54) is 5.56 Å². The summed E-state index contributed by atoms with van der Waals surface area (Å²) in [5.74, 6) is 0. The Morgan fingerprint density at radius 1 is 1.36 bits per heavy atom. The molecule has 14 heavy (non-hydrogen) atoms. The van der Waals surface area contributed by atoms with Gasteiger partial charge in [0, 0.05) is 25.0 Å². The highest BCUT2D eigenvalue weighted by molar-refractivity contribution is 5.09. The van der Waals surface area contributed by atoms with E-state index in [2.05, 4.69) is 9.88 Å². The van der Waals surface area contributed by atoms with E-state index in [4.69, 9.17) is 0 Å². The summed E-state index contributed by atoms with van der Waals surface area (Å²) in [6.07, 6.45) is 3.27. The van der Waals surface area contributed by atoms with Crippen LogP contribution in [-0.4, -0.2) is 34.2 Å². The van der Waals surface area contributed by atoms with Crippen LogP contribution >= 0.6 is 0 Å². The highest BCUT2D eigenvalue weighted by atomic mass is 16.3. The van der Waals surface area contributed by atoms with Gasteiger partial charge in [0.25, 0.3) is 0 Å². The molecule has 3 heteroatoms. The van der Waals surface area contributed by atoms with Crippen LogP contribution < -0.4 is 0 Å². The maximum Gasteiger partial charge on any atom is 0.0664 e. The Balaban J connectivity index is 2.53. The Hall–Kier alpha value is -0.930. The fourth-order valence-electron chi connectivity index (χ4n) is 1.29. The van der Waals surface area contributed by atoms with Gasteiger partial charge in [0.2, 0.25) is 0 Å². The first-order valence-corrected chi connectivity index (χ1v) is 4.88.